The van der Waals surface area contributed by atoms with Crippen LogP contribution in [0.25, 0.3) is 22.9 Å². The maximum atomic E-state index is 2.30. The highest BCUT2D eigenvalue weighted by Gasteiger charge is 2.16. The van der Waals surface area contributed by atoms with Gasteiger partial charge in [0.1, 0.15) is 0 Å². The fraction of sp³-hybridized carbons (Fsp3) is 0.250. The first-order chi connectivity index (χ1) is 7.59. The standard InChI is InChI=1S/C16H16/c1-9-7-11(3)15-12(4)8-10(2)14-6-5-13(9)16(14)15/h5-8H,1-4H3. The lowest BCUT2D eigenvalue weighted by molar-refractivity contribution is 1.37. The van der Waals surface area contributed by atoms with Crippen LogP contribution in [0.2, 0.25) is 0 Å². The van der Waals surface area contributed by atoms with Crippen LogP contribution in [0, 0.1) is 27.7 Å². The molecule has 0 saturated carbocycles. The largest absolute Gasteiger partial charge is 0.0551 e. The van der Waals surface area contributed by atoms with Crippen LogP contribution in [-0.4, -0.2) is 0 Å². The lowest BCUT2D eigenvalue weighted by Crippen LogP contribution is -1.92. The van der Waals surface area contributed by atoms with Crippen molar-refractivity contribution >= 4 is 22.9 Å². The molecule has 0 saturated heterocycles. The number of rotatable bonds is 0. The Kier molecular flexibility index (Phi) is 1.79. The minimum Gasteiger partial charge on any atom is -0.0551 e. The second-order valence-electron chi connectivity index (χ2n) is 4.93. The summed E-state index contributed by atoms with van der Waals surface area (Å²) < 4.78 is 0. The van der Waals surface area contributed by atoms with Gasteiger partial charge in [0.2, 0.25) is 0 Å². The molecule has 16 heavy (non-hydrogen) atoms. The smallest absolute Gasteiger partial charge is 0.00282 e. The molecular weight excluding hydrogens is 192 g/mol. The Morgan fingerprint density at radius 2 is 1.00 bits per heavy atom. The van der Waals surface area contributed by atoms with Gasteiger partial charge in [0.15, 0.2) is 0 Å². The molecule has 0 atom stereocenters. The van der Waals surface area contributed by atoms with Gasteiger partial charge in [-0.2, -0.15) is 0 Å². The molecule has 1 aliphatic rings. The quantitative estimate of drug-likeness (QED) is 0.508. The average Bonchev–Trinajstić information content (AvgIpc) is 2.61. The summed E-state index contributed by atoms with van der Waals surface area (Å²) >= 11 is 0. The second kappa shape index (κ2) is 2.98. The lowest BCUT2D eigenvalue weighted by atomic mass is 9.91. The Hall–Kier alpha value is -1.56. The van der Waals surface area contributed by atoms with E-state index in [1.165, 1.54) is 44.2 Å². The van der Waals surface area contributed by atoms with E-state index in [0.717, 1.165) is 0 Å². The highest BCUT2D eigenvalue weighted by atomic mass is 14.2. The molecule has 0 fully saturated rings. The molecule has 80 valence electrons. The molecule has 0 bridgehead atoms. The Morgan fingerprint density at radius 3 is 1.44 bits per heavy atom. The van der Waals surface area contributed by atoms with E-state index in [1.54, 1.807) is 0 Å². The normalized spacial score (nSPS) is 12.8. The zero-order valence-electron chi connectivity index (χ0n) is 10.3. The molecule has 0 spiro atoms. The molecule has 0 heterocycles. The fourth-order valence-corrected chi connectivity index (χ4v) is 3.06. The van der Waals surface area contributed by atoms with E-state index in [4.69, 9.17) is 0 Å². The predicted octanol–water partition coefficient (Wildman–Crippen LogP) is 4.56. The highest BCUT2D eigenvalue weighted by molar-refractivity contribution is 6.08. The highest BCUT2D eigenvalue weighted by Crippen LogP contribution is 2.38. The van der Waals surface area contributed by atoms with Crippen LogP contribution in [0.3, 0.4) is 0 Å². The molecule has 0 N–H and O–H groups in total. The number of benzene rings is 2. The van der Waals surface area contributed by atoms with E-state index in [1.807, 2.05) is 0 Å². The van der Waals surface area contributed by atoms with E-state index in [-0.39, 0.29) is 0 Å². The fourth-order valence-electron chi connectivity index (χ4n) is 3.06. The first-order valence-corrected chi connectivity index (χ1v) is 5.82. The van der Waals surface area contributed by atoms with Gasteiger partial charge in [-0.05, 0) is 71.8 Å². The summed E-state index contributed by atoms with van der Waals surface area (Å²) in [5.74, 6) is 0. The van der Waals surface area contributed by atoms with Gasteiger partial charge >= 0.3 is 0 Å². The summed E-state index contributed by atoms with van der Waals surface area (Å²) in [5, 5.41) is 2.92. The Morgan fingerprint density at radius 1 is 0.562 bits per heavy atom. The van der Waals surface area contributed by atoms with E-state index < -0.39 is 0 Å². The Labute approximate surface area is 96.6 Å². The van der Waals surface area contributed by atoms with Gasteiger partial charge in [-0.25, -0.2) is 0 Å². The Bertz CT molecular complexity index is 590. The average molecular weight is 208 g/mol. The van der Waals surface area contributed by atoms with Crippen molar-refractivity contribution in [2.45, 2.75) is 27.7 Å². The SMILES string of the molecule is Cc1cc(C)c2c(C)cc(C)c3c2c1C=C3. The third-order valence-electron chi connectivity index (χ3n) is 3.71. The van der Waals surface area contributed by atoms with Gasteiger partial charge in [-0.15, -0.1) is 0 Å². The zero-order chi connectivity index (χ0) is 11.4. The number of aryl methyl sites for hydroxylation is 4. The molecule has 0 aromatic heterocycles. The molecule has 0 amide bonds. The van der Waals surface area contributed by atoms with Crippen molar-refractivity contribution in [3.63, 3.8) is 0 Å². The summed E-state index contributed by atoms with van der Waals surface area (Å²) in [6, 6.07) is 4.61. The summed E-state index contributed by atoms with van der Waals surface area (Å²) in [7, 11) is 0. The second-order valence-corrected chi connectivity index (χ2v) is 4.93. The van der Waals surface area contributed by atoms with Crippen molar-refractivity contribution in [3.8, 4) is 0 Å². The molecule has 0 heteroatoms. The van der Waals surface area contributed by atoms with E-state index in [9.17, 15) is 0 Å². The van der Waals surface area contributed by atoms with E-state index in [0.29, 0.717) is 0 Å². The molecule has 2 aromatic carbocycles. The van der Waals surface area contributed by atoms with Crippen molar-refractivity contribution in [2.24, 2.45) is 0 Å². The van der Waals surface area contributed by atoms with Crippen LogP contribution in [-0.2, 0) is 0 Å². The molecule has 0 unspecified atom stereocenters. The van der Waals surface area contributed by atoms with Crippen molar-refractivity contribution in [1.82, 2.24) is 0 Å². The van der Waals surface area contributed by atoms with Gasteiger partial charge < -0.3 is 0 Å². The zero-order valence-corrected chi connectivity index (χ0v) is 10.3. The molecule has 0 aliphatic heterocycles. The van der Waals surface area contributed by atoms with Crippen LogP contribution >= 0.6 is 0 Å². The van der Waals surface area contributed by atoms with Gasteiger partial charge in [0.05, 0.1) is 0 Å². The topological polar surface area (TPSA) is 0 Å². The van der Waals surface area contributed by atoms with Crippen LogP contribution in [0.4, 0.5) is 0 Å². The summed E-state index contributed by atoms with van der Waals surface area (Å²) in [5.41, 5.74) is 8.43. The maximum Gasteiger partial charge on any atom is -0.00282 e. The van der Waals surface area contributed by atoms with Crippen molar-refractivity contribution in [1.29, 1.82) is 0 Å². The first kappa shape index (κ1) is 9.65. The molecule has 3 rings (SSSR count). The van der Waals surface area contributed by atoms with Crippen LogP contribution < -0.4 is 0 Å². The first-order valence-electron chi connectivity index (χ1n) is 5.82. The van der Waals surface area contributed by atoms with Gasteiger partial charge in [-0.3, -0.25) is 0 Å². The number of hydrogen-bond donors (Lipinski definition) is 0. The monoisotopic (exact) mass is 208 g/mol. The maximum absolute atomic E-state index is 2.30. The van der Waals surface area contributed by atoms with Crippen LogP contribution in [0.5, 0.6) is 0 Å². The molecule has 1 aliphatic carbocycles. The molecule has 0 radical (unpaired) electrons. The lowest BCUT2D eigenvalue weighted by Gasteiger charge is -2.13. The van der Waals surface area contributed by atoms with Crippen molar-refractivity contribution in [2.75, 3.05) is 0 Å². The van der Waals surface area contributed by atoms with Crippen LogP contribution in [0.15, 0.2) is 12.1 Å². The third kappa shape index (κ3) is 1.05. The summed E-state index contributed by atoms with van der Waals surface area (Å²) in [4.78, 5) is 0. The third-order valence-corrected chi connectivity index (χ3v) is 3.71. The summed E-state index contributed by atoms with van der Waals surface area (Å²) in [6.07, 6.45) is 4.53. The minimum atomic E-state index is 1.39. The van der Waals surface area contributed by atoms with Crippen molar-refractivity contribution in [3.05, 3.63) is 45.5 Å². The summed E-state index contributed by atoms with van der Waals surface area (Å²) in [6.45, 7) is 8.85. The van der Waals surface area contributed by atoms with Gasteiger partial charge in [0, 0.05) is 0 Å². The number of hydrogen-bond acceptors (Lipinski definition) is 0. The van der Waals surface area contributed by atoms with Gasteiger partial charge in [-0.1, -0.05) is 24.3 Å². The van der Waals surface area contributed by atoms with Crippen LogP contribution in [0.1, 0.15) is 33.4 Å². The van der Waals surface area contributed by atoms with E-state index >= 15 is 0 Å². The van der Waals surface area contributed by atoms with E-state index in [2.05, 4.69) is 52.0 Å². The Balaban J connectivity index is 2.66. The molecule has 0 nitrogen and oxygen atoms in total. The predicted molar refractivity (Wildman–Crippen MR) is 71.8 cm³/mol. The van der Waals surface area contributed by atoms with Crippen molar-refractivity contribution < 1.29 is 0 Å². The van der Waals surface area contributed by atoms with Gasteiger partial charge in [0.25, 0.3) is 0 Å². The molecule has 2 aromatic rings. The molecular formula is C16H16. The minimum absolute atomic E-state index is 1.39.